The van der Waals surface area contributed by atoms with Gasteiger partial charge in [0.25, 0.3) is 0 Å². The van der Waals surface area contributed by atoms with Gasteiger partial charge in [-0.15, -0.1) is 23.8 Å². The molecule has 0 aliphatic heterocycles. The maximum absolute atomic E-state index is 13.3. The van der Waals surface area contributed by atoms with Gasteiger partial charge in [-0.25, -0.2) is 8.78 Å². The first-order valence-corrected chi connectivity index (χ1v) is 8.50. The fourth-order valence-electron chi connectivity index (χ4n) is 4.44. The van der Waals surface area contributed by atoms with Crippen molar-refractivity contribution in [3.8, 4) is 0 Å². The van der Waals surface area contributed by atoms with E-state index in [0.29, 0.717) is 5.92 Å². The SMILES string of the molecule is CC1CCC(C2CCC(c3cc(F)[c-]c(F)c3)CC2)CC1.[Y+3]. The van der Waals surface area contributed by atoms with Crippen LogP contribution in [0.3, 0.4) is 0 Å². The largest absolute Gasteiger partial charge is 3.00 e. The molecule has 3 rings (SSSR count). The van der Waals surface area contributed by atoms with Gasteiger partial charge in [0, 0.05) is 11.6 Å². The average molecular weight is 380 g/mol. The molecular formula is C19H25F2Y+2. The third kappa shape index (κ3) is 4.60. The second-order valence-corrected chi connectivity index (χ2v) is 7.24. The van der Waals surface area contributed by atoms with Crippen LogP contribution in [0.5, 0.6) is 0 Å². The van der Waals surface area contributed by atoms with Crippen molar-refractivity contribution in [3.63, 3.8) is 0 Å². The Kier molecular flexibility index (Phi) is 7.01. The molecule has 1 aromatic rings. The van der Waals surface area contributed by atoms with Gasteiger partial charge in [-0.2, -0.15) is 0 Å². The van der Waals surface area contributed by atoms with Crippen LogP contribution in [0.2, 0.25) is 0 Å². The fourth-order valence-corrected chi connectivity index (χ4v) is 4.44. The summed E-state index contributed by atoms with van der Waals surface area (Å²) >= 11 is 0. The van der Waals surface area contributed by atoms with Gasteiger partial charge in [-0.3, -0.25) is 0 Å². The molecule has 1 aromatic carbocycles. The Hall–Kier alpha value is 0.184. The summed E-state index contributed by atoms with van der Waals surface area (Å²) in [6, 6.07) is 5.02. The van der Waals surface area contributed by atoms with Gasteiger partial charge >= 0.3 is 32.7 Å². The molecule has 0 amide bonds. The molecule has 0 spiro atoms. The van der Waals surface area contributed by atoms with Crippen molar-refractivity contribution < 1.29 is 41.5 Å². The van der Waals surface area contributed by atoms with E-state index in [0.717, 1.165) is 36.2 Å². The Balaban J connectivity index is 0.00000176. The van der Waals surface area contributed by atoms with Crippen molar-refractivity contribution in [2.24, 2.45) is 17.8 Å². The van der Waals surface area contributed by atoms with E-state index >= 15 is 0 Å². The summed E-state index contributed by atoms with van der Waals surface area (Å²) in [5.74, 6) is 1.87. The van der Waals surface area contributed by atoms with Gasteiger partial charge in [-0.05, 0) is 62.2 Å². The third-order valence-electron chi connectivity index (χ3n) is 5.80. The van der Waals surface area contributed by atoms with Crippen LogP contribution in [0.15, 0.2) is 12.1 Å². The number of halogens is 2. The predicted octanol–water partition coefficient (Wildman–Crippen LogP) is 5.86. The zero-order valence-electron chi connectivity index (χ0n) is 13.5. The third-order valence-corrected chi connectivity index (χ3v) is 5.80. The Morgan fingerprint density at radius 2 is 1.27 bits per heavy atom. The van der Waals surface area contributed by atoms with Crippen molar-refractivity contribution in [1.82, 2.24) is 0 Å². The Morgan fingerprint density at radius 1 is 0.818 bits per heavy atom. The second-order valence-electron chi connectivity index (χ2n) is 7.24. The second kappa shape index (κ2) is 8.33. The summed E-state index contributed by atoms with van der Waals surface area (Å²) in [6.07, 6.45) is 10.2. The monoisotopic (exact) mass is 380 g/mol. The van der Waals surface area contributed by atoms with Crippen molar-refractivity contribution in [3.05, 3.63) is 35.4 Å². The minimum atomic E-state index is -0.562. The molecule has 2 fully saturated rings. The number of benzene rings is 1. The molecule has 0 heterocycles. The first kappa shape index (κ1) is 18.5. The maximum Gasteiger partial charge on any atom is 3.00 e. The first-order valence-electron chi connectivity index (χ1n) is 8.50. The molecule has 0 nitrogen and oxygen atoms in total. The Labute approximate surface area is 158 Å². The molecule has 0 saturated heterocycles. The number of rotatable bonds is 2. The van der Waals surface area contributed by atoms with Crippen molar-refractivity contribution in [2.75, 3.05) is 0 Å². The molecule has 22 heavy (non-hydrogen) atoms. The maximum atomic E-state index is 13.3. The van der Waals surface area contributed by atoms with Crippen LogP contribution in [-0.4, -0.2) is 0 Å². The van der Waals surface area contributed by atoms with Gasteiger partial charge < -0.3 is 0 Å². The summed E-state index contributed by atoms with van der Waals surface area (Å²) < 4.78 is 26.6. The molecule has 2 aliphatic carbocycles. The van der Waals surface area contributed by atoms with Crippen LogP contribution in [-0.2, 0) is 32.7 Å². The van der Waals surface area contributed by atoms with Crippen LogP contribution in [0.25, 0.3) is 0 Å². The van der Waals surface area contributed by atoms with Gasteiger partial charge in [0.15, 0.2) is 0 Å². The van der Waals surface area contributed by atoms with Gasteiger partial charge in [0.2, 0.25) is 0 Å². The topological polar surface area (TPSA) is 0 Å². The van der Waals surface area contributed by atoms with E-state index in [2.05, 4.69) is 13.0 Å². The molecule has 3 heteroatoms. The van der Waals surface area contributed by atoms with Gasteiger partial charge in [0.05, 0.1) is 0 Å². The summed E-state index contributed by atoms with van der Waals surface area (Å²) in [5.41, 5.74) is 0.833. The number of hydrogen-bond acceptors (Lipinski definition) is 0. The molecule has 0 N–H and O–H groups in total. The van der Waals surface area contributed by atoms with Crippen molar-refractivity contribution in [2.45, 2.75) is 64.2 Å². The molecule has 2 aliphatic rings. The summed E-state index contributed by atoms with van der Waals surface area (Å²) in [6.45, 7) is 2.36. The van der Waals surface area contributed by atoms with E-state index in [1.54, 1.807) is 0 Å². The van der Waals surface area contributed by atoms with E-state index in [-0.39, 0.29) is 32.7 Å². The predicted molar refractivity (Wildman–Crippen MR) is 81.0 cm³/mol. The van der Waals surface area contributed by atoms with Crippen LogP contribution in [0, 0.1) is 35.5 Å². The standard InChI is InChI=1S/C19H25F2.Y/c1-13-2-4-14(5-3-13)15-6-8-16(9-7-15)17-10-18(20)12-19(21)11-17;/h10-11,13-16H,2-9H2,1H3;/q-1;+3. The van der Waals surface area contributed by atoms with Gasteiger partial charge in [0.1, 0.15) is 0 Å². The van der Waals surface area contributed by atoms with E-state index < -0.39 is 11.6 Å². The summed E-state index contributed by atoms with van der Waals surface area (Å²) in [7, 11) is 0. The van der Waals surface area contributed by atoms with Crippen LogP contribution < -0.4 is 0 Å². The summed E-state index contributed by atoms with van der Waals surface area (Å²) in [4.78, 5) is 0. The number of hydrogen-bond donors (Lipinski definition) is 0. The molecule has 0 aromatic heterocycles. The molecular weight excluding hydrogens is 355 g/mol. The molecule has 0 unspecified atom stereocenters. The van der Waals surface area contributed by atoms with Crippen LogP contribution in [0.4, 0.5) is 8.78 Å². The molecule has 0 bridgehead atoms. The zero-order valence-corrected chi connectivity index (χ0v) is 16.3. The van der Waals surface area contributed by atoms with E-state index in [9.17, 15) is 8.78 Å². The van der Waals surface area contributed by atoms with E-state index in [1.807, 2.05) is 0 Å². The Bertz CT molecular complexity index is 452. The minimum absolute atomic E-state index is 0. The molecule has 2 saturated carbocycles. The quantitative estimate of drug-likeness (QED) is 0.564. The van der Waals surface area contributed by atoms with Crippen LogP contribution in [0.1, 0.15) is 69.8 Å². The van der Waals surface area contributed by atoms with Crippen LogP contribution >= 0.6 is 0 Å². The molecule has 116 valence electrons. The first-order chi connectivity index (χ1) is 10.1. The fraction of sp³-hybridized carbons (Fsp3) is 0.684. The van der Waals surface area contributed by atoms with Crippen molar-refractivity contribution >= 4 is 0 Å². The smallest absolute Gasteiger partial charge is 0.236 e. The van der Waals surface area contributed by atoms with E-state index in [1.165, 1.54) is 50.7 Å². The zero-order chi connectivity index (χ0) is 14.8. The Morgan fingerprint density at radius 3 is 1.77 bits per heavy atom. The minimum Gasteiger partial charge on any atom is -0.236 e. The molecule has 0 atom stereocenters. The summed E-state index contributed by atoms with van der Waals surface area (Å²) in [5, 5.41) is 0. The molecule has 0 radical (unpaired) electrons. The van der Waals surface area contributed by atoms with Gasteiger partial charge in [-0.1, -0.05) is 19.8 Å². The average Bonchev–Trinajstić information content (AvgIpc) is 2.47. The normalized spacial score (nSPS) is 32.3. The van der Waals surface area contributed by atoms with Crippen molar-refractivity contribution in [1.29, 1.82) is 0 Å². The van der Waals surface area contributed by atoms with E-state index in [4.69, 9.17) is 0 Å².